The fourth-order valence-electron chi connectivity index (χ4n) is 3.49. The second-order valence-corrected chi connectivity index (χ2v) is 6.60. The highest BCUT2D eigenvalue weighted by Gasteiger charge is 2.17. The molecule has 4 aromatic rings. The number of aromatic nitrogens is 2. The van der Waals surface area contributed by atoms with E-state index in [4.69, 9.17) is 0 Å². The molecule has 0 fully saturated rings. The van der Waals surface area contributed by atoms with E-state index < -0.39 is 6.10 Å². The Hall–Kier alpha value is -3.18. The van der Waals surface area contributed by atoms with Crippen LogP contribution in [-0.4, -0.2) is 26.9 Å². The van der Waals surface area contributed by atoms with Crippen molar-refractivity contribution in [2.75, 3.05) is 6.54 Å². The fraction of sp³-hybridized carbons (Fsp3) is 0.182. The number of nitrogens with one attached hydrogen (secondary N) is 1. The van der Waals surface area contributed by atoms with Crippen molar-refractivity contribution in [1.82, 2.24) is 14.7 Å². The Kier molecular flexibility index (Phi) is 4.60. The summed E-state index contributed by atoms with van der Waals surface area (Å²) >= 11 is 0. The van der Waals surface area contributed by atoms with Crippen LogP contribution < -0.4 is 5.32 Å². The summed E-state index contributed by atoms with van der Waals surface area (Å²) in [5.74, 6) is -0.184. The average Bonchev–Trinajstić information content (AvgIpc) is 3.03. The highest BCUT2D eigenvalue weighted by Crippen LogP contribution is 2.25. The molecule has 1 unspecified atom stereocenters. The van der Waals surface area contributed by atoms with Crippen molar-refractivity contribution in [3.8, 4) is 0 Å². The molecule has 27 heavy (non-hydrogen) atoms. The van der Waals surface area contributed by atoms with E-state index in [9.17, 15) is 9.90 Å². The van der Waals surface area contributed by atoms with Crippen LogP contribution in [0.1, 0.15) is 34.3 Å². The highest BCUT2D eigenvalue weighted by molar-refractivity contribution is 5.94. The van der Waals surface area contributed by atoms with E-state index in [0.29, 0.717) is 24.4 Å². The number of aliphatic hydroxyl groups excluding tert-OH is 1. The number of rotatable bonds is 5. The molecule has 136 valence electrons. The Morgan fingerprint density at radius 1 is 1.11 bits per heavy atom. The van der Waals surface area contributed by atoms with Gasteiger partial charge in [-0.1, -0.05) is 48.5 Å². The van der Waals surface area contributed by atoms with E-state index in [1.807, 2.05) is 73.8 Å². The summed E-state index contributed by atoms with van der Waals surface area (Å²) in [5, 5.41) is 15.7. The molecule has 0 spiro atoms. The van der Waals surface area contributed by atoms with Crippen molar-refractivity contribution in [3.05, 3.63) is 83.8 Å². The molecular weight excluding hydrogens is 338 g/mol. The lowest BCUT2D eigenvalue weighted by Gasteiger charge is -2.14. The molecule has 0 radical (unpaired) electrons. The minimum atomic E-state index is -0.639. The van der Waals surface area contributed by atoms with Gasteiger partial charge in [0, 0.05) is 12.7 Å². The van der Waals surface area contributed by atoms with Crippen LogP contribution in [-0.2, 0) is 0 Å². The van der Waals surface area contributed by atoms with Crippen molar-refractivity contribution in [1.29, 1.82) is 0 Å². The van der Waals surface area contributed by atoms with Crippen molar-refractivity contribution < 1.29 is 9.90 Å². The lowest BCUT2D eigenvalue weighted by atomic mass is 9.99. The monoisotopic (exact) mass is 359 g/mol. The molecule has 0 saturated carbocycles. The quantitative estimate of drug-likeness (QED) is 0.572. The number of carbonyl (C=O) groups is 1. The summed E-state index contributed by atoms with van der Waals surface area (Å²) in [4.78, 5) is 17.0. The van der Waals surface area contributed by atoms with E-state index >= 15 is 0 Å². The number of benzene rings is 2. The second kappa shape index (κ2) is 7.21. The summed E-state index contributed by atoms with van der Waals surface area (Å²) in [6.07, 6.45) is 1.63. The number of pyridine rings is 1. The van der Waals surface area contributed by atoms with Crippen LogP contribution in [0.15, 0.2) is 66.9 Å². The topological polar surface area (TPSA) is 66.6 Å². The first-order chi connectivity index (χ1) is 13.1. The zero-order valence-corrected chi connectivity index (χ0v) is 15.1. The third-order valence-electron chi connectivity index (χ3n) is 4.80. The number of fused-ring (bicyclic) bond motifs is 2. The minimum Gasteiger partial charge on any atom is -0.388 e. The Labute approximate surface area is 157 Å². The average molecular weight is 359 g/mol. The predicted molar refractivity (Wildman–Crippen MR) is 106 cm³/mol. The van der Waals surface area contributed by atoms with Gasteiger partial charge in [0.1, 0.15) is 11.3 Å². The normalized spacial score (nSPS) is 12.4. The van der Waals surface area contributed by atoms with Crippen LogP contribution in [0.5, 0.6) is 0 Å². The van der Waals surface area contributed by atoms with Crippen LogP contribution in [0.25, 0.3) is 16.4 Å². The van der Waals surface area contributed by atoms with Gasteiger partial charge in [0.25, 0.3) is 5.91 Å². The minimum absolute atomic E-state index is 0.184. The van der Waals surface area contributed by atoms with Gasteiger partial charge in [-0.15, -0.1) is 0 Å². The van der Waals surface area contributed by atoms with Crippen LogP contribution in [0.2, 0.25) is 0 Å². The first kappa shape index (κ1) is 17.2. The summed E-state index contributed by atoms with van der Waals surface area (Å²) < 4.78 is 1.78. The van der Waals surface area contributed by atoms with Gasteiger partial charge in [-0.2, -0.15) is 0 Å². The van der Waals surface area contributed by atoms with Crippen molar-refractivity contribution >= 4 is 22.3 Å². The number of nitrogens with zero attached hydrogens (tertiary/aromatic N) is 2. The zero-order valence-electron chi connectivity index (χ0n) is 15.1. The fourth-order valence-corrected chi connectivity index (χ4v) is 3.49. The number of carbonyl (C=O) groups excluding carboxylic acids is 1. The molecule has 2 aromatic heterocycles. The standard InChI is InChI=1S/C22H21N3O2/c1-15-21(25-14-5-4-11-20(25)24-15)22(27)23-13-12-19(26)18-10-6-8-16-7-2-3-9-17(16)18/h2-11,14,19,26H,12-13H2,1H3,(H,23,27). The molecule has 1 amide bonds. The molecule has 2 heterocycles. The lowest BCUT2D eigenvalue weighted by molar-refractivity contribution is 0.0936. The van der Waals surface area contributed by atoms with Crippen LogP contribution in [0.4, 0.5) is 0 Å². The maximum Gasteiger partial charge on any atom is 0.270 e. The Morgan fingerprint density at radius 2 is 1.89 bits per heavy atom. The molecule has 5 heteroatoms. The van der Waals surface area contributed by atoms with E-state index in [1.54, 1.807) is 4.40 Å². The van der Waals surface area contributed by atoms with Gasteiger partial charge in [0.05, 0.1) is 11.8 Å². The molecule has 2 N–H and O–H groups in total. The first-order valence-corrected chi connectivity index (χ1v) is 9.03. The van der Waals surface area contributed by atoms with Gasteiger partial charge in [0.2, 0.25) is 0 Å². The molecule has 5 nitrogen and oxygen atoms in total. The number of aliphatic hydroxyl groups is 1. The molecule has 0 aliphatic carbocycles. The number of aryl methyl sites for hydroxylation is 1. The smallest absolute Gasteiger partial charge is 0.270 e. The molecule has 0 bridgehead atoms. The second-order valence-electron chi connectivity index (χ2n) is 6.60. The van der Waals surface area contributed by atoms with E-state index in [0.717, 1.165) is 22.0 Å². The Morgan fingerprint density at radius 3 is 2.78 bits per heavy atom. The first-order valence-electron chi connectivity index (χ1n) is 9.03. The maximum absolute atomic E-state index is 12.6. The largest absolute Gasteiger partial charge is 0.388 e. The van der Waals surface area contributed by atoms with Gasteiger partial charge >= 0.3 is 0 Å². The third kappa shape index (κ3) is 3.29. The highest BCUT2D eigenvalue weighted by atomic mass is 16.3. The van der Waals surface area contributed by atoms with Crippen LogP contribution in [0.3, 0.4) is 0 Å². The molecule has 0 saturated heterocycles. The van der Waals surface area contributed by atoms with Gasteiger partial charge in [-0.05, 0) is 41.8 Å². The van der Waals surface area contributed by atoms with E-state index in [-0.39, 0.29) is 5.91 Å². The van der Waals surface area contributed by atoms with Gasteiger partial charge in [0.15, 0.2) is 0 Å². The SMILES string of the molecule is Cc1nc2ccccn2c1C(=O)NCCC(O)c1cccc2ccccc12. The summed E-state index contributed by atoms with van der Waals surface area (Å²) in [6, 6.07) is 19.5. The molecule has 1 atom stereocenters. The molecule has 0 aliphatic rings. The molecule has 4 rings (SSSR count). The Bertz CT molecular complexity index is 1110. The van der Waals surface area contributed by atoms with Crippen molar-refractivity contribution in [2.45, 2.75) is 19.4 Å². The predicted octanol–water partition coefficient (Wildman–Crippen LogP) is 3.65. The van der Waals surface area contributed by atoms with E-state index in [1.165, 1.54) is 0 Å². The van der Waals surface area contributed by atoms with Gasteiger partial charge in [-0.25, -0.2) is 4.98 Å². The zero-order chi connectivity index (χ0) is 18.8. The van der Waals surface area contributed by atoms with Crippen LogP contribution in [0, 0.1) is 6.92 Å². The van der Waals surface area contributed by atoms with Crippen molar-refractivity contribution in [3.63, 3.8) is 0 Å². The van der Waals surface area contributed by atoms with Crippen molar-refractivity contribution in [2.24, 2.45) is 0 Å². The number of hydrogen-bond donors (Lipinski definition) is 2. The third-order valence-corrected chi connectivity index (χ3v) is 4.80. The van der Waals surface area contributed by atoms with E-state index in [2.05, 4.69) is 10.3 Å². The number of hydrogen-bond acceptors (Lipinski definition) is 3. The van der Waals surface area contributed by atoms with Gasteiger partial charge < -0.3 is 10.4 Å². The Balaban J connectivity index is 1.46. The lowest BCUT2D eigenvalue weighted by Crippen LogP contribution is -2.27. The molecule has 0 aliphatic heterocycles. The van der Waals surface area contributed by atoms with Crippen LogP contribution >= 0.6 is 0 Å². The summed E-state index contributed by atoms with van der Waals surface area (Å²) in [6.45, 7) is 2.20. The van der Waals surface area contributed by atoms with Gasteiger partial charge in [-0.3, -0.25) is 9.20 Å². The molecular formula is C22H21N3O2. The summed E-state index contributed by atoms with van der Waals surface area (Å²) in [7, 11) is 0. The number of imidazole rings is 1. The molecule has 2 aromatic carbocycles. The summed E-state index contributed by atoms with van der Waals surface area (Å²) in [5.41, 5.74) is 2.85. The number of amides is 1. The maximum atomic E-state index is 12.6.